The molecule has 3 aromatic rings. The predicted molar refractivity (Wildman–Crippen MR) is 105 cm³/mol. The second kappa shape index (κ2) is 8.92. The maximum Gasteiger partial charge on any atom is 0.175 e. The first-order valence-corrected chi connectivity index (χ1v) is 9.23. The van der Waals surface area contributed by atoms with E-state index in [1.54, 1.807) is 13.4 Å². The first-order chi connectivity index (χ1) is 12.7. The fraction of sp³-hybridized carbons (Fsp3) is 0.238. The van der Waals surface area contributed by atoms with Gasteiger partial charge < -0.3 is 19.2 Å². The van der Waals surface area contributed by atoms with Crippen molar-refractivity contribution >= 4 is 15.9 Å². The molecule has 0 radical (unpaired) electrons. The number of furan rings is 1. The van der Waals surface area contributed by atoms with E-state index in [9.17, 15) is 0 Å². The summed E-state index contributed by atoms with van der Waals surface area (Å²) in [5, 5.41) is 3.36. The zero-order valence-electron chi connectivity index (χ0n) is 14.9. The number of hydrogen-bond acceptors (Lipinski definition) is 4. The van der Waals surface area contributed by atoms with Crippen molar-refractivity contribution in [1.82, 2.24) is 5.32 Å². The van der Waals surface area contributed by atoms with Crippen molar-refractivity contribution in [3.05, 3.63) is 81.7 Å². The van der Waals surface area contributed by atoms with E-state index in [0.29, 0.717) is 31.2 Å². The maximum atomic E-state index is 6.04. The van der Waals surface area contributed by atoms with Gasteiger partial charge in [0.25, 0.3) is 0 Å². The molecule has 0 fully saturated rings. The lowest BCUT2D eigenvalue weighted by Gasteiger charge is -2.15. The minimum atomic E-state index is 0.498. The second-order valence-electron chi connectivity index (χ2n) is 6.01. The average Bonchev–Trinajstić information content (AvgIpc) is 3.15. The minimum Gasteiger partial charge on any atom is -0.493 e. The Morgan fingerprint density at radius 2 is 1.92 bits per heavy atom. The summed E-state index contributed by atoms with van der Waals surface area (Å²) in [7, 11) is 1.66. The van der Waals surface area contributed by atoms with Crippen LogP contribution in [-0.2, 0) is 19.7 Å². The Morgan fingerprint density at radius 3 is 2.65 bits per heavy atom. The molecule has 0 saturated carbocycles. The van der Waals surface area contributed by atoms with Crippen LogP contribution in [0, 0.1) is 6.92 Å². The predicted octanol–water partition coefficient (Wildman–Crippen LogP) is 5.23. The van der Waals surface area contributed by atoms with Crippen LogP contribution in [0.25, 0.3) is 0 Å². The van der Waals surface area contributed by atoms with Gasteiger partial charge in [-0.05, 0) is 63.8 Å². The van der Waals surface area contributed by atoms with Crippen LogP contribution in [0.1, 0.15) is 22.5 Å². The van der Waals surface area contributed by atoms with Gasteiger partial charge in [0, 0.05) is 6.54 Å². The lowest BCUT2D eigenvalue weighted by atomic mass is 10.1. The smallest absolute Gasteiger partial charge is 0.175 e. The van der Waals surface area contributed by atoms with E-state index >= 15 is 0 Å². The maximum absolute atomic E-state index is 6.04. The van der Waals surface area contributed by atoms with Gasteiger partial charge in [-0.2, -0.15) is 0 Å². The molecule has 0 aliphatic rings. The molecule has 0 unspecified atom stereocenters. The van der Waals surface area contributed by atoms with Crippen LogP contribution in [0.2, 0.25) is 0 Å². The fourth-order valence-electron chi connectivity index (χ4n) is 2.68. The Kier molecular flexibility index (Phi) is 6.36. The summed E-state index contributed by atoms with van der Waals surface area (Å²) in [6.45, 7) is 3.96. The van der Waals surface area contributed by atoms with E-state index in [1.165, 1.54) is 5.56 Å². The summed E-state index contributed by atoms with van der Waals surface area (Å²) in [5.41, 5.74) is 3.47. The molecular weight excluding hydrogens is 394 g/mol. The summed E-state index contributed by atoms with van der Waals surface area (Å²) in [5.74, 6) is 2.34. The third kappa shape index (κ3) is 4.68. The van der Waals surface area contributed by atoms with E-state index in [2.05, 4.69) is 40.3 Å². The van der Waals surface area contributed by atoms with Crippen molar-refractivity contribution in [2.24, 2.45) is 0 Å². The van der Waals surface area contributed by atoms with Crippen LogP contribution >= 0.6 is 15.9 Å². The highest BCUT2D eigenvalue weighted by atomic mass is 79.9. The number of rotatable bonds is 8. The van der Waals surface area contributed by atoms with Gasteiger partial charge in [0.1, 0.15) is 12.4 Å². The Morgan fingerprint density at radius 1 is 1.08 bits per heavy atom. The normalized spacial score (nSPS) is 10.7. The summed E-state index contributed by atoms with van der Waals surface area (Å²) < 4.78 is 17.8. The van der Waals surface area contributed by atoms with Gasteiger partial charge >= 0.3 is 0 Å². The van der Waals surface area contributed by atoms with Crippen molar-refractivity contribution in [2.75, 3.05) is 7.11 Å². The summed E-state index contributed by atoms with van der Waals surface area (Å²) in [6, 6.07) is 16.1. The standard InChI is InChI=1S/C21H22BrNO3/c1-15-6-3-4-7-17(15)14-26-21-19(22)10-16(11-20(21)24-2)12-23-13-18-8-5-9-25-18/h3-11,23H,12-14H2,1-2H3. The van der Waals surface area contributed by atoms with Gasteiger partial charge in [-0.1, -0.05) is 24.3 Å². The molecule has 136 valence electrons. The number of nitrogens with one attached hydrogen (secondary N) is 1. The molecule has 0 atom stereocenters. The molecule has 3 rings (SSSR count). The zero-order chi connectivity index (χ0) is 18.4. The van der Waals surface area contributed by atoms with Gasteiger partial charge in [-0.3, -0.25) is 0 Å². The third-order valence-corrected chi connectivity index (χ3v) is 4.72. The van der Waals surface area contributed by atoms with Crippen LogP contribution in [0.15, 0.2) is 63.7 Å². The summed E-state index contributed by atoms with van der Waals surface area (Å²) in [4.78, 5) is 0. The summed E-state index contributed by atoms with van der Waals surface area (Å²) >= 11 is 3.61. The lowest BCUT2D eigenvalue weighted by molar-refractivity contribution is 0.281. The van der Waals surface area contributed by atoms with E-state index < -0.39 is 0 Å². The molecule has 0 aliphatic heterocycles. The Balaban J connectivity index is 1.67. The Labute approximate surface area is 162 Å². The van der Waals surface area contributed by atoms with Crippen LogP contribution in [0.5, 0.6) is 11.5 Å². The number of hydrogen-bond donors (Lipinski definition) is 1. The molecule has 1 heterocycles. The largest absolute Gasteiger partial charge is 0.493 e. The van der Waals surface area contributed by atoms with Gasteiger partial charge in [-0.15, -0.1) is 0 Å². The number of ether oxygens (including phenoxy) is 2. The molecule has 0 saturated heterocycles. The summed E-state index contributed by atoms with van der Waals surface area (Å²) in [6.07, 6.45) is 1.68. The van der Waals surface area contributed by atoms with Crippen LogP contribution in [0.4, 0.5) is 0 Å². The van der Waals surface area contributed by atoms with Gasteiger partial charge in [0.05, 0.1) is 24.4 Å². The van der Waals surface area contributed by atoms with Gasteiger partial charge in [0.15, 0.2) is 11.5 Å². The van der Waals surface area contributed by atoms with Crippen molar-refractivity contribution in [2.45, 2.75) is 26.6 Å². The third-order valence-electron chi connectivity index (χ3n) is 4.13. The molecule has 0 amide bonds. The van der Waals surface area contributed by atoms with Gasteiger partial charge in [-0.25, -0.2) is 0 Å². The molecule has 0 aliphatic carbocycles. The van der Waals surface area contributed by atoms with Crippen molar-refractivity contribution in [1.29, 1.82) is 0 Å². The SMILES string of the molecule is COc1cc(CNCc2ccco2)cc(Br)c1OCc1ccccc1C. The quantitative estimate of drug-likeness (QED) is 0.546. The molecule has 0 bridgehead atoms. The first kappa shape index (κ1) is 18.5. The highest BCUT2D eigenvalue weighted by Crippen LogP contribution is 2.37. The molecule has 2 aromatic carbocycles. The van der Waals surface area contributed by atoms with E-state index in [-0.39, 0.29) is 0 Å². The molecule has 1 N–H and O–H groups in total. The molecule has 5 heteroatoms. The highest BCUT2D eigenvalue weighted by Gasteiger charge is 2.12. The molecular formula is C21H22BrNO3. The van der Waals surface area contributed by atoms with Crippen LogP contribution in [0.3, 0.4) is 0 Å². The second-order valence-corrected chi connectivity index (χ2v) is 6.86. The van der Waals surface area contributed by atoms with E-state index in [0.717, 1.165) is 21.4 Å². The molecule has 1 aromatic heterocycles. The molecule has 4 nitrogen and oxygen atoms in total. The fourth-order valence-corrected chi connectivity index (χ4v) is 3.28. The number of aryl methyl sites for hydroxylation is 1. The number of halogens is 1. The van der Waals surface area contributed by atoms with E-state index in [1.807, 2.05) is 36.4 Å². The Bertz CT molecular complexity index is 846. The molecule has 26 heavy (non-hydrogen) atoms. The highest BCUT2D eigenvalue weighted by molar-refractivity contribution is 9.10. The van der Waals surface area contributed by atoms with E-state index in [4.69, 9.17) is 13.9 Å². The van der Waals surface area contributed by atoms with Gasteiger partial charge in [0.2, 0.25) is 0 Å². The monoisotopic (exact) mass is 415 g/mol. The number of methoxy groups -OCH3 is 1. The average molecular weight is 416 g/mol. The Hall–Kier alpha value is -2.24. The van der Waals surface area contributed by atoms with Crippen molar-refractivity contribution < 1.29 is 13.9 Å². The van der Waals surface area contributed by atoms with Crippen molar-refractivity contribution in [3.63, 3.8) is 0 Å². The lowest BCUT2D eigenvalue weighted by Crippen LogP contribution is -2.12. The zero-order valence-corrected chi connectivity index (χ0v) is 16.5. The van der Waals surface area contributed by atoms with Crippen molar-refractivity contribution in [3.8, 4) is 11.5 Å². The minimum absolute atomic E-state index is 0.498. The molecule has 0 spiro atoms. The van der Waals surface area contributed by atoms with Crippen LogP contribution in [-0.4, -0.2) is 7.11 Å². The number of benzene rings is 2. The topological polar surface area (TPSA) is 43.6 Å². The van der Waals surface area contributed by atoms with Crippen LogP contribution < -0.4 is 14.8 Å². The first-order valence-electron chi connectivity index (χ1n) is 8.44.